The third kappa shape index (κ3) is 4.92. The second-order valence-corrected chi connectivity index (χ2v) is 6.63. The Balaban J connectivity index is 1.47. The van der Waals surface area contributed by atoms with Crippen molar-refractivity contribution in [2.45, 2.75) is 0 Å². The topological polar surface area (TPSA) is 73.3 Å². The Hall–Kier alpha value is -3.90. The van der Waals surface area contributed by atoms with Crippen LogP contribution in [0, 0.1) is 0 Å². The summed E-state index contributed by atoms with van der Waals surface area (Å²) in [5.74, 6) is 1.67. The molecule has 7 heteroatoms. The summed E-state index contributed by atoms with van der Waals surface area (Å²) in [7, 11) is 0. The van der Waals surface area contributed by atoms with Crippen molar-refractivity contribution in [2.75, 3.05) is 5.32 Å². The highest BCUT2D eigenvalue weighted by atomic mass is 35.5. The van der Waals surface area contributed by atoms with Crippen LogP contribution in [-0.4, -0.2) is 15.9 Å². The van der Waals surface area contributed by atoms with Gasteiger partial charge in [0.05, 0.1) is 0 Å². The molecule has 1 aromatic heterocycles. The maximum Gasteiger partial charge on any atom is 0.262 e. The van der Waals surface area contributed by atoms with E-state index >= 15 is 0 Å². The number of hydrogen-bond donors (Lipinski definition) is 1. The Morgan fingerprint density at radius 2 is 1.43 bits per heavy atom. The Morgan fingerprint density at radius 1 is 0.800 bits per heavy atom. The minimum Gasteiger partial charge on any atom is -0.457 e. The first-order chi connectivity index (χ1) is 14.7. The fourth-order valence-electron chi connectivity index (χ4n) is 2.60. The third-order valence-electron chi connectivity index (χ3n) is 4.04. The van der Waals surface area contributed by atoms with Crippen LogP contribution >= 0.6 is 11.6 Å². The van der Waals surface area contributed by atoms with Crippen LogP contribution in [0.3, 0.4) is 0 Å². The molecule has 0 saturated heterocycles. The summed E-state index contributed by atoms with van der Waals surface area (Å²) in [5, 5.41) is 3.35. The lowest BCUT2D eigenvalue weighted by Crippen LogP contribution is -2.14. The molecule has 0 bridgehead atoms. The maximum absolute atomic E-state index is 12.6. The molecule has 0 aliphatic rings. The zero-order valence-electron chi connectivity index (χ0n) is 15.7. The van der Waals surface area contributed by atoms with Crippen molar-refractivity contribution in [3.8, 4) is 23.1 Å². The number of halogens is 1. The molecule has 0 unspecified atom stereocenters. The fourth-order valence-corrected chi connectivity index (χ4v) is 2.73. The molecule has 0 aliphatic carbocycles. The second kappa shape index (κ2) is 9.07. The molecule has 4 rings (SSSR count). The zero-order valence-corrected chi connectivity index (χ0v) is 16.4. The van der Waals surface area contributed by atoms with Gasteiger partial charge in [-0.1, -0.05) is 29.8 Å². The summed E-state index contributed by atoms with van der Waals surface area (Å²) in [6, 6.07) is 23.3. The molecule has 1 amide bonds. The van der Waals surface area contributed by atoms with E-state index < -0.39 is 5.91 Å². The van der Waals surface area contributed by atoms with Gasteiger partial charge in [-0.2, -0.15) is 0 Å². The summed E-state index contributed by atoms with van der Waals surface area (Å²) in [4.78, 5) is 20.7. The number of nitrogens with one attached hydrogen (secondary N) is 1. The minimum atomic E-state index is -0.392. The van der Waals surface area contributed by atoms with Gasteiger partial charge in [0.25, 0.3) is 5.91 Å². The van der Waals surface area contributed by atoms with Crippen LogP contribution in [0.1, 0.15) is 10.4 Å². The van der Waals surface area contributed by atoms with E-state index in [0.29, 0.717) is 22.2 Å². The van der Waals surface area contributed by atoms with E-state index in [1.54, 1.807) is 48.5 Å². The van der Waals surface area contributed by atoms with Crippen molar-refractivity contribution in [3.05, 3.63) is 102 Å². The van der Waals surface area contributed by atoms with Crippen LogP contribution in [-0.2, 0) is 0 Å². The summed E-state index contributed by atoms with van der Waals surface area (Å²) < 4.78 is 11.6. The van der Waals surface area contributed by atoms with Gasteiger partial charge < -0.3 is 14.8 Å². The molecule has 4 aromatic rings. The van der Waals surface area contributed by atoms with Gasteiger partial charge in [-0.3, -0.25) is 4.79 Å². The van der Waals surface area contributed by atoms with Crippen LogP contribution in [0.5, 0.6) is 23.1 Å². The van der Waals surface area contributed by atoms with Crippen molar-refractivity contribution < 1.29 is 14.3 Å². The number of hydrogen-bond acceptors (Lipinski definition) is 5. The molecular formula is C23H16ClN3O3. The number of nitrogens with zero attached hydrogens (tertiary/aromatic N) is 2. The predicted octanol–water partition coefficient (Wildman–Crippen LogP) is 5.97. The Labute approximate surface area is 178 Å². The molecule has 0 atom stereocenters. The molecule has 1 heterocycles. The van der Waals surface area contributed by atoms with Gasteiger partial charge in [0.2, 0.25) is 5.88 Å². The summed E-state index contributed by atoms with van der Waals surface area (Å²) >= 11 is 5.88. The van der Waals surface area contributed by atoms with Crippen molar-refractivity contribution in [1.82, 2.24) is 9.97 Å². The molecule has 6 nitrogen and oxygen atoms in total. The fraction of sp³-hybridized carbons (Fsp3) is 0. The number of ether oxygens (including phenoxy) is 2. The molecule has 0 spiro atoms. The molecule has 1 N–H and O–H groups in total. The molecule has 30 heavy (non-hydrogen) atoms. The molecule has 0 saturated carbocycles. The van der Waals surface area contributed by atoms with E-state index in [1.807, 2.05) is 30.3 Å². The standard InChI is InChI=1S/C23H16ClN3O3/c24-16-6-8-17(9-7-16)27-22(28)21-14-25-15-26-23(21)30-20-12-10-19(11-13-20)29-18-4-2-1-3-5-18/h1-15H,(H,27,28). The number of benzene rings is 3. The average Bonchev–Trinajstić information content (AvgIpc) is 2.78. The van der Waals surface area contributed by atoms with E-state index in [0.717, 1.165) is 5.75 Å². The average molecular weight is 418 g/mol. The van der Waals surface area contributed by atoms with Gasteiger partial charge in [-0.25, -0.2) is 9.97 Å². The SMILES string of the molecule is O=C(Nc1ccc(Cl)cc1)c1cncnc1Oc1ccc(Oc2ccccc2)cc1. The molecule has 0 fully saturated rings. The highest BCUT2D eigenvalue weighted by Crippen LogP contribution is 2.27. The smallest absolute Gasteiger partial charge is 0.262 e. The number of anilines is 1. The van der Waals surface area contributed by atoms with E-state index in [4.69, 9.17) is 21.1 Å². The summed E-state index contributed by atoms with van der Waals surface area (Å²) in [6.07, 6.45) is 2.72. The molecule has 0 aliphatic heterocycles. The van der Waals surface area contributed by atoms with E-state index in [9.17, 15) is 4.79 Å². The lowest BCUT2D eigenvalue weighted by atomic mass is 10.2. The van der Waals surface area contributed by atoms with E-state index in [1.165, 1.54) is 12.5 Å². The quantitative estimate of drug-likeness (QED) is 0.418. The number of aromatic nitrogens is 2. The Morgan fingerprint density at radius 3 is 2.13 bits per heavy atom. The van der Waals surface area contributed by atoms with Gasteiger partial charge in [0.15, 0.2) is 0 Å². The van der Waals surface area contributed by atoms with Crippen molar-refractivity contribution in [2.24, 2.45) is 0 Å². The van der Waals surface area contributed by atoms with Crippen LogP contribution in [0.2, 0.25) is 5.02 Å². The largest absolute Gasteiger partial charge is 0.457 e. The van der Waals surface area contributed by atoms with Gasteiger partial charge in [0.1, 0.15) is 29.1 Å². The molecule has 3 aromatic carbocycles. The molecular weight excluding hydrogens is 402 g/mol. The van der Waals surface area contributed by atoms with Crippen molar-refractivity contribution >= 4 is 23.2 Å². The van der Waals surface area contributed by atoms with Gasteiger partial charge >= 0.3 is 0 Å². The second-order valence-electron chi connectivity index (χ2n) is 6.19. The predicted molar refractivity (Wildman–Crippen MR) is 114 cm³/mol. The van der Waals surface area contributed by atoms with Crippen molar-refractivity contribution in [1.29, 1.82) is 0 Å². The first kappa shape index (κ1) is 19.4. The number of para-hydroxylation sites is 1. The molecule has 148 valence electrons. The van der Waals surface area contributed by atoms with Gasteiger partial charge in [-0.05, 0) is 60.7 Å². The van der Waals surface area contributed by atoms with Gasteiger partial charge in [0, 0.05) is 16.9 Å². The maximum atomic E-state index is 12.6. The number of amides is 1. The van der Waals surface area contributed by atoms with Crippen molar-refractivity contribution in [3.63, 3.8) is 0 Å². The Kier molecular flexibility index (Phi) is 5.87. The summed E-state index contributed by atoms with van der Waals surface area (Å²) in [5.41, 5.74) is 0.804. The summed E-state index contributed by atoms with van der Waals surface area (Å²) in [6.45, 7) is 0. The molecule has 0 radical (unpaired) electrons. The van der Waals surface area contributed by atoms with Crippen LogP contribution in [0.4, 0.5) is 5.69 Å². The van der Waals surface area contributed by atoms with E-state index in [2.05, 4.69) is 15.3 Å². The van der Waals surface area contributed by atoms with Crippen LogP contribution < -0.4 is 14.8 Å². The number of carbonyl (C=O) groups excluding carboxylic acids is 1. The normalized spacial score (nSPS) is 10.3. The zero-order chi connectivity index (χ0) is 20.8. The lowest BCUT2D eigenvalue weighted by molar-refractivity contribution is 0.102. The first-order valence-corrected chi connectivity index (χ1v) is 9.43. The third-order valence-corrected chi connectivity index (χ3v) is 4.29. The highest BCUT2D eigenvalue weighted by molar-refractivity contribution is 6.30. The van der Waals surface area contributed by atoms with Crippen LogP contribution in [0.15, 0.2) is 91.4 Å². The Bertz CT molecular complexity index is 1130. The van der Waals surface area contributed by atoms with E-state index in [-0.39, 0.29) is 11.4 Å². The lowest BCUT2D eigenvalue weighted by Gasteiger charge is -2.11. The van der Waals surface area contributed by atoms with Gasteiger partial charge in [-0.15, -0.1) is 0 Å². The monoisotopic (exact) mass is 417 g/mol. The highest BCUT2D eigenvalue weighted by Gasteiger charge is 2.15. The van der Waals surface area contributed by atoms with Crippen LogP contribution in [0.25, 0.3) is 0 Å². The first-order valence-electron chi connectivity index (χ1n) is 9.05. The minimum absolute atomic E-state index is 0.146. The number of rotatable bonds is 6. The number of carbonyl (C=O) groups is 1.